The zero-order valence-corrected chi connectivity index (χ0v) is 17.0. The second-order valence-corrected chi connectivity index (χ2v) is 7.49. The van der Waals surface area contributed by atoms with Gasteiger partial charge in [0.1, 0.15) is 5.75 Å². The van der Waals surface area contributed by atoms with Gasteiger partial charge in [-0.25, -0.2) is 4.99 Å². The highest BCUT2D eigenvalue weighted by atomic mass is 79.9. The summed E-state index contributed by atoms with van der Waals surface area (Å²) in [6.07, 6.45) is 1.76. The molecule has 0 spiro atoms. The highest BCUT2D eigenvalue weighted by molar-refractivity contribution is 9.10. The number of amidine groups is 1. The largest absolute Gasteiger partial charge is 0.497 e. The molecule has 8 heteroatoms. The molecule has 1 aliphatic rings. The maximum Gasteiger partial charge on any atom is 0.264 e. The van der Waals surface area contributed by atoms with E-state index in [-0.39, 0.29) is 5.91 Å². The Morgan fingerprint density at radius 2 is 1.92 bits per heavy atom. The van der Waals surface area contributed by atoms with Crippen LogP contribution in [-0.4, -0.2) is 25.3 Å². The number of rotatable bonds is 4. The number of methoxy groups -OCH3 is 2. The Labute approximate surface area is 168 Å². The highest BCUT2D eigenvalue weighted by Crippen LogP contribution is 2.36. The first-order valence-electron chi connectivity index (χ1n) is 7.47. The van der Waals surface area contributed by atoms with E-state index in [4.69, 9.17) is 21.1 Å². The molecule has 1 saturated heterocycles. The third-order valence-corrected chi connectivity index (χ3v) is 5.26. The van der Waals surface area contributed by atoms with Gasteiger partial charge in [-0.15, -0.1) is 0 Å². The first-order valence-corrected chi connectivity index (χ1v) is 9.45. The molecule has 1 amide bonds. The summed E-state index contributed by atoms with van der Waals surface area (Å²) in [5.74, 6) is 1.10. The van der Waals surface area contributed by atoms with Crippen molar-refractivity contribution in [2.24, 2.45) is 4.99 Å². The molecule has 0 bridgehead atoms. The minimum Gasteiger partial charge on any atom is -0.497 e. The Kier molecular flexibility index (Phi) is 5.90. The average Bonchev–Trinajstić information content (AvgIpc) is 2.94. The number of benzene rings is 2. The Balaban J connectivity index is 1.83. The summed E-state index contributed by atoms with van der Waals surface area (Å²) >= 11 is 10.9. The second-order valence-electron chi connectivity index (χ2n) is 5.20. The molecule has 0 saturated carbocycles. The van der Waals surface area contributed by atoms with Crippen LogP contribution in [0.25, 0.3) is 6.08 Å². The van der Waals surface area contributed by atoms with E-state index in [0.717, 1.165) is 21.5 Å². The van der Waals surface area contributed by atoms with E-state index in [1.165, 1.54) is 11.8 Å². The molecule has 1 heterocycles. The van der Waals surface area contributed by atoms with Crippen LogP contribution in [0.2, 0.25) is 5.02 Å². The van der Waals surface area contributed by atoms with Crippen molar-refractivity contribution in [3.05, 3.63) is 56.4 Å². The van der Waals surface area contributed by atoms with Gasteiger partial charge in [-0.2, -0.15) is 0 Å². The van der Waals surface area contributed by atoms with Crippen molar-refractivity contribution in [2.75, 3.05) is 14.2 Å². The molecule has 26 heavy (non-hydrogen) atoms. The number of carbonyl (C=O) groups excluding carboxylic acids is 1. The van der Waals surface area contributed by atoms with Crippen LogP contribution in [0.5, 0.6) is 11.5 Å². The molecule has 0 atom stereocenters. The lowest BCUT2D eigenvalue weighted by molar-refractivity contribution is -0.115. The normalized spacial score (nSPS) is 16.8. The van der Waals surface area contributed by atoms with Crippen LogP contribution in [0.15, 0.2) is 50.8 Å². The maximum atomic E-state index is 12.2. The number of ether oxygens (including phenoxy) is 2. The van der Waals surface area contributed by atoms with Crippen molar-refractivity contribution in [1.29, 1.82) is 0 Å². The van der Waals surface area contributed by atoms with Gasteiger partial charge in [0, 0.05) is 0 Å². The summed E-state index contributed by atoms with van der Waals surface area (Å²) in [7, 11) is 3.15. The number of carbonyl (C=O) groups is 1. The topological polar surface area (TPSA) is 59.9 Å². The minimum absolute atomic E-state index is 0.203. The second kappa shape index (κ2) is 8.16. The Hall–Kier alpha value is -1.96. The van der Waals surface area contributed by atoms with Crippen LogP contribution < -0.4 is 14.8 Å². The van der Waals surface area contributed by atoms with Crippen LogP contribution in [0.3, 0.4) is 0 Å². The van der Waals surface area contributed by atoms with E-state index in [1.807, 2.05) is 30.3 Å². The van der Waals surface area contributed by atoms with Gasteiger partial charge in [0.25, 0.3) is 5.91 Å². The monoisotopic (exact) mass is 452 g/mol. The molecule has 0 unspecified atom stereocenters. The van der Waals surface area contributed by atoms with E-state index in [2.05, 4.69) is 26.2 Å². The van der Waals surface area contributed by atoms with Crippen molar-refractivity contribution in [3.63, 3.8) is 0 Å². The Morgan fingerprint density at radius 3 is 2.54 bits per heavy atom. The molecule has 1 N–H and O–H groups in total. The zero-order valence-electron chi connectivity index (χ0n) is 13.9. The zero-order chi connectivity index (χ0) is 18.7. The number of hydrogen-bond acceptors (Lipinski definition) is 5. The van der Waals surface area contributed by atoms with Crippen molar-refractivity contribution < 1.29 is 14.3 Å². The number of hydrogen-bond donors (Lipinski definition) is 1. The number of nitrogens with zero attached hydrogens (tertiary/aromatic N) is 1. The van der Waals surface area contributed by atoms with Gasteiger partial charge >= 0.3 is 0 Å². The number of nitrogens with one attached hydrogen (secondary N) is 1. The number of aliphatic imine (C=N–C) groups is 1. The van der Waals surface area contributed by atoms with Crippen LogP contribution in [0.4, 0.5) is 5.69 Å². The fourth-order valence-electron chi connectivity index (χ4n) is 2.26. The van der Waals surface area contributed by atoms with Gasteiger partial charge in [-0.3, -0.25) is 4.79 Å². The molecular formula is C18H14BrClN2O3S. The van der Waals surface area contributed by atoms with Crippen LogP contribution >= 0.6 is 39.3 Å². The van der Waals surface area contributed by atoms with Crippen LogP contribution in [-0.2, 0) is 4.79 Å². The van der Waals surface area contributed by atoms with E-state index in [9.17, 15) is 4.79 Å². The molecule has 1 aliphatic heterocycles. The quantitative estimate of drug-likeness (QED) is 0.661. The SMILES string of the molecule is COc1ccc(N=C2NC(=O)/C(=C\c3cc(Cl)c(OC)c(Br)c3)S2)cc1. The molecule has 1 fully saturated rings. The minimum atomic E-state index is -0.203. The van der Waals surface area contributed by atoms with Crippen molar-refractivity contribution in [3.8, 4) is 11.5 Å². The van der Waals surface area contributed by atoms with Crippen LogP contribution in [0, 0.1) is 0 Å². The summed E-state index contributed by atoms with van der Waals surface area (Å²) in [5, 5.41) is 3.74. The third-order valence-electron chi connectivity index (χ3n) is 3.48. The number of halogens is 2. The van der Waals surface area contributed by atoms with Gasteiger partial charge in [-0.05, 0) is 75.7 Å². The molecule has 2 aromatic rings. The summed E-state index contributed by atoms with van der Waals surface area (Å²) in [6, 6.07) is 10.8. The molecular weight excluding hydrogens is 440 g/mol. The highest BCUT2D eigenvalue weighted by Gasteiger charge is 2.24. The summed E-state index contributed by atoms with van der Waals surface area (Å²) < 4.78 is 11.0. The third kappa shape index (κ3) is 4.23. The summed E-state index contributed by atoms with van der Waals surface area (Å²) in [6.45, 7) is 0. The van der Waals surface area contributed by atoms with E-state index >= 15 is 0 Å². The van der Waals surface area contributed by atoms with Crippen molar-refractivity contribution in [1.82, 2.24) is 5.32 Å². The molecule has 0 radical (unpaired) electrons. The van der Waals surface area contributed by atoms with E-state index in [0.29, 0.717) is 20.8 Å². The van der Waals surface area contributed by atoms with E-state index in [1.54, 1.807) is 26.4 Å². The predicted octanol–water partition coefficient (Wildman–Crippen LogP) is 5.01. The molecule has 2 aromatic carbocycles. The summed E-state index contributed by atoms with van der Waals surface area (Å²) in [4.78, 5) is 17.2. The molecule has 0 aromatic heterocycles. The van der Waals surface area contributed by atoms with Gasteiger partial charge < -0.3 is 14.8 Å². The lowest BCUT2D eigenvalue weighted by atomic mass is 10.2. The fraction of sp³-hybridized carbons (Fsp3) is 0.111. The van der Waals surface area contributed by atoms with E-state index < -0.39 is 0 Å². The standard InChI is InChI=1S/C18H14BrClN2O3S/c1-24-12-5-3-11(4-6-12)21-18-22-17(23)15(26-18)9-10-7-13(19)16(25-2)14(20)8-10/h3-9H,1-2H3,(H,21,22,23)/b15-9+. The lowest BCUT2D eigenvalue weighted by Crippen LogP contribution is -2.19. The number of amides is 1. The first-order chi connectivity index (χ1) is 12.5. The average molecular weight is 454 g/mol. The molecule has 3 rings (SSSR count). The first kappa shape index (κ1) is 18.8. The van der Waals surface area contributed by atoms with Gasteiger partial charge in [-0.1, -0.05) is 11.6 Å². The predicted molar refractivity (Wildman–Crippen MR) is 110 cm³/mol. The smallest absolute Gasteiger partial charge is 0.264 e. The van der Waals surface area contributed by atoms with Gasteiger partial charge in [0.05, 0.1) is 34.3 Å². The summed E-state index contributed by atoms with van der Waals surface area (Å²) in [5.41, 5.74) is 1.51. The van der Waals surface area contributed by atoms with Gasteiger partial charge in [0.2, 0.25) is 0 Å². The van der Waals surface area contributed by atoms with Crippen molar-refractivity contribution in [2.45, 2.75) is 0 Å². The number of thioether (sulfide) groups is 1. The Morgan fingerprint density at radius 1 is 1.19 bits per heavy atom. The molecule has 5 nitrogen and oxygen atoms in total. The lowest BCUT2D eigenvalue weighted by Gasteiger charge is -2.07. The molecule has 0 aliphatic carbocycles. The van der Waals surface area contributed by atoms with Crippen LogP contribution in [0.1, 0.15) is 5.56 Å². The Bertz CT molecular complexity index is 890. The fourth-order valence-corrected chi connectivity index (χ4v) is 4.16. The van der Waals surface area contributed by atoms with Gasteiger partial charge in [0.15, 0.2) is 10.9 Å². The van der Waals surface area contributed by atoms with Crippen molar-refractivity contribution >= 4 is 62.1 Å². The maximum absolute atomic E-state index is 12.2. The molecule has 134 valence electrons.